The average molecular weight is 398 g/mol. The first-order chi connectivity index (χ1) is 12.9. The zero-order valence-electron chi connectivity index (χ0n) is 14.1. The third-order valence-corrected chi connectivity index (χ3v) is 4.08. The number of aryl methyl sites for hydroxylation is 1. The summed E-state index contributed by atoms with van der Waals surface area (Å²) in [6.07, 6.45) is 0. The number of halogens is 2. The summed E-state index contributed by atoms with van der Waals surface area (Å²) >= 11 is 12.0. The third kappa shape index (κ3) is 4.73. The van der Waals surface area contributed by atoms with Crippen LogP contribution in [0.2, 0.25) is 10.0 Å². The number of rotatable bonds is 4. The largest absolute Gasteiger partial charge is 0.340 e. The van der Waals surface area contributed by atoms with E-state index in [0.29, 0.717) is 38.6 Å². The van der Waals surface area contributed by atoms with Crippen molar-refractivity contribution in [2.45, 2.75) is 6.92 Å². The Balaban J connectivity index is 1.85. The summed E-state index contributed by atoms with van der Waals surface area (Å²) in [5.74, 6) is 0.400. The molecule has 0 unspecified atom stereocenters. The van der Waals surface area contributed by atoms with Gasteiger partial charge in [0.15, 0.2) is 0 Å². The first-order valence-electron chi connectivity index (χ1n) is 7.84. The topological polar surface area (TPSA) is 90.7 Å². The molecule has 0 bridgehead atoms. The zero-order valence-corrected chi connectivity index (χ0v) is 15.6. The van der Waals surface area contributed by atoms with Crippen LogP contribution < -0.4 is 10.6 Å². The van der Waals surface area contributed by atoms with Crippen LogP contribution in [0.3, 0.4) is 0 Å². The molecule has 6 nitrogen and oxygen atoms in total. The number of nitrogens with zero attached hydrogens (tertiary/aromatic N) is 3. The van der Waals surface area contributed by atoms with Gasteiger partial charge in [0.2, 0.25) is 0 Å². The quantitative estimate of drug-likeness (QED) is 0.648. The number of hydrogen-bond acceptors (Lipinski definition) is 5. The highest BCUT2D eigenvalue weighted by Gasteiger charge is 2.13. The van der Waals surface area contributed by atoms with Gasteiger partial charge < -0.3 is 10.6 Å². The Morgan fingerprint density at radius 1 is 1.11 bits per heavy atom. The summed E-state index contributed by atoms with van der Waals surface area (Å²) in [6, 6.07) is 15.3. The number of aromatic nitrogens is 2. The number of hydrogen-bond donors (Lipinski definition) is 2. The van der Waals surface area contributed by atoms with Crippen molar-refractivity contribution in [1.29, 1.82) is 5.26 Å². The Kier molecular flexibility index (Phi) is 5.55. The van der Waals surface area contributed by atoms with Gasteiger partial charge in [-0.25, -0.2) is 9.97 Å². The molecule has 0 spiro atoms. The maximum absolute atomic E-state index is 12.6. The molecule has 0 saturated carbocycles. The molecule has 3 rings (SSSR count). The minimum atomic E-state index is -0.446. The molecule has 1 heterocycles. The number of amides is 1. The van der Waals surface area contributed by atoms with Gasteiger partial charge in [0.1, 0.15) is 17.3 Å². The monoisotopic (exact) mass is 397 g/mol. The van der Waals surface area contributed by atoms with Crippen LogP contribution in [0.5, 0.6) is 0 Å². The molecule has 27 heavy (non-hydrogen) atoms. The molecular formula is C19H13Cl2N5O. The number of nitrogens with one attached hydrogen (secondary N) is 2. The first kappa shape index (κ1) is 18.6. The molecule has 0 radical (unpaired) electrons. The van der Waals surface area contributed by atoms with Crippen molar-refractivity contribution in [2.75, 3.05) is 10.6 Å². The third-order valence-electron chi connectivity index (χ3n) is 3.51. The number of carbonyl (C=O) groups is 1. The van der Waals surface area contributed by atoms with Crippen molar-refractivity contribution >= 4 is 46.3 Å². The van der Waals surface area contributed by atoms with Gasteiger partial charge in [0.25, 0.3) is 5.91 Å². The van der Waals surface area contributed by atoms with Crippen LogP contribution in [-0.4, -0.2) is 15.9 Å². The van der Waals surface area contributed by atoms with Crippen LogP contribution in [0.1, 0.15) is 21.9 Å². The zero-order chi connectivity index (χ0) is 19.4. The fraction of sp³-hybridized carbons (Fsp3) is 0.0526. The molecule has 0 aliphatic heterocycles. The molecule has 0 atom stereocenters. The Bertz CT molecular complexity index is 1060. The Morgan fingerprint density at radius 2 is 1.93 bits per heavy atom. The molecule has 2 aromatic carbocycles. The van der Waals surface area contributed by atoms with E-state index in [4.69, 9.17) is 28.5 Å². The highest BCUT2D eigenvalue weighted by Crippen LogP contribution is 2.26. The number of nitriles is 1. The molecule has 0 aliphatic carbocycles. The number of carbonyl (C=O) groups excluding carboxylic acids is 1. The summed E-state index contributed by atoms with van der Waals surface area (Å²) in [5, 5.41) is 15.6. The predicted molar refractivity (Wildman–Crippen MR) is 106 cm³/mol. The lowest BCUT2D eigenvalue weighted by Gasteiger charge is -2.10. The maximum atomic E-state index is 12.6. The van der Waals surface area contributed by atoms with E-state index in [1.54, 1.807) is 49.4 Å². The second-order valence-electron chi connectivity index (χ2n) is 5.58. The smallest absolute Gasteiger partial charge is 0.274 e. The minimum Gasteiger partial charge on any atom is -0.340 e. The van der Waals surface area contributed by atoms with E-state index in [1.807, 2.05) is 0 Å². The van der Waals surface area contributed by atoms with Crippen LogP contribution >= 0.6 is 23.2 Å². The van der Waals surface area contributed by atoms with E-state index in [1.165, 1.54) is 6.07 Å². The Morgan fingerprint density at radius 3 is 2.70 bits per heavy atom. The second kappa shape index (κ2) is 8.04. The molecule has 1 amide bonds. The average Bonchev–Trinajstić information content (AvgIpc) is 2.64. The Hall–Kier alpha value is -3.14. The van der Waals surface area contributed by atoms with E-state index in [-0.39, 0.29) is 5.69 Å². The van der Waals surface area contributed by atoms with Gasteiger partial charge in [-0.15, -0.1) is 0 Å². The molecule has 134 valence electrons. The summed E-state index contributed by atoms with van der Waals surface area (Å²) in [4.78, 5) is 21.0. The lowest BCUT2D eigenvalue weighted by Crippen LogP contribution is -2.15. The SMILES string of the molecule is Cc1nc(Nc2cccc(C#N)c2)cc(C(=O)Nc2cc(Cl)ccc2Cl)n1. The van der Waals surface area contributed by atoms with E-state index in [0.717, 1.165) is 0 Å². The van der Waals surface area contributed by atoms with Crippen molar-refractivity contribution in [3.63, 3.8) is 0 Å². The van der Waals surface area contributed by atoms with Crippen LogP contribution in [0.4, 0.5) is 17.2 Å². The summed E-state index contributed by atoms with van der Waals surface area (Å²) in [5.41, 5.74) is 1.75. The summed E-state index contributed by atoms with van der Waals surface area (Å²) in [7, 11) is 0. The molecular weight excluding hydrogens is 385 g/mol. The van der Waals surface area contributed by atoms with E-state index < -0.39 is 5.91 Å². The van der Waals surface area contributed by atoms with Gasteiger partial charge >= 0.3 is 0 Å². The molecule has 3 aromatic rings. The van der Waals surface area contributed by atoms with Gasteiger partial charge in [-0.1, -0.05) is 29.3 Å². The highest BCUT2D eigenvalue weighted by molar-refractivity contribution is 6.35. The Labute approximate surface area is 165 Å². The molecule has 0 fully saturated rings. The van der Waals surface area contributed by atoms with Gasteiger partial charge in [-0.05, 0) is 43.3 Å². The van der Waals surface area contributed by atoms with E-state index >= 15 is 0 Å². The highest BCUT2D eigenvalue weighted by atomic mass is 35.5. The first-order valence-corrected chi connectivity index (χ1v) is 8.59. The van der Waals surface area contributed by atoms with Crippen molar-refractivity contribution in [2.24, 2.45) is 0 Å². The summed E-state index contributed by atoms with van der Waals surface area (Å²) < 4.78 is 0. The van der Waals surface area contributed by atoms with Crippen LogP contribution in [-0.2, 0) is 0 Å². The van der Waals surface area contributed by atoms with Crippen molar-refractivity contribution in [3.8, 4) is 6.07 Å². The number of anilines is 3. The predicted octanol–water partition coefficient (Wildman–Crippen LogP) is 4.96. The maximum Gasteiger partial charge on any atom is 0.274 e. The van der Waals surface area contributed by atoms with E-state index in [2.05, 4.69) is 26.7 Å². The van der Waals surface area contributed by atoms with Crippen molar-refractivity contribution in [1.82, 2.24) is 9.97 Å². The second-order valence-corrected chi connectivity index (χ2v) is 6.43. The van der Waals surface area contributed by atoms with Gasteiger partial charge in [0, 0.05) is 16.8 Å². The standard InChI is InChI=1S/C19H13Cl2N5O/c1-11-23-17(19(27)26-16-8-13(20)5-6-15(16)21)9-18(24-11)25-14-4-2-3-12(7-14)10-22/h2-9H,1H3,(H,26,27)(H,23,24,25). The van der Waals surface area contributed by atoms with Gasteiger partial charge in [0.05, 0.1) is 22.3 Å². The molecule has 0 aliphatic rings. The fourth-order valence-corrected chi connectivity index (χ4v) is 2.68. The van der Waals surface area contributed by atoms with Crippen LogP contribution in [0, 0.1) is 18.3 Å². The lowest BCUT2D eigenvalue weighted by atomic mass is 10.2. The summed E-state index contributed by atoms with van der Waals surface area (Å²) in [6.45, 7) is 1.68. The lowest BCUT2D eigenvalue weighted by molar-refractivity contribution is 0.102. The fourth-order valence-electron chi connectivity index (χ4n) is 2.34. The molecule has 1 aromatic heterocycles. The number of benzene rings is 2. The van der Waals surface area contributed by atoms with Crippen molar-refractivity contribution < 1.29 is 4.79 Å². The van der Waals surface area contributed by atoms with E-state index in [9.17, 15) is 4.79 Å². The minimum absolute atomic E-state index is 0.164. The van der Waals surface area contributed by atoms with Gasteiger partial charge in [-0.3, -0.25) is 4.79 Å². The molecule has 8 heteroatoms. The molecule has 2 N–H and O–H groups in total. The van der Waals surface area contributed by atoms with Crippen LogP contribution in [0.25, 0.3) is 0 Å². The van der Waals surface area contributed by atoms with Crippen LogP contribution in [0.15, 0.2) is 48.5 Å². The van der Waals surface area contributed by atoms with Crippen molar-refractivity contribution in [3.05, 3.63) is 75.7 Å². The van der Waals surface area contributed by atoms with Gasteiger partial charge in [-0.2, -0.15) is 5.26 Å². The molecule has 0 saturated heterocycles. The normalized spacial score (nSPS) is 10.1.